The van der Waals surface area contributed by atoms with Crippen molar-refractivity contribution in [1.29, 1.82) is 0 Å². The number of ether oxygens (including phenoxy) is 3. The lowest BCUT2D eigenvalue weighted by molar-refractivity contribution is -0.122. The molecule has 1 amide bonds. The molecule has 0 unspecified atom stereocenters. The van der Waals surface area contributed by atoms with Gasteiger partial charge in [-0.15, -0.1) is 0 Å². The molecule has 0 fully saturated rings. The molecule has 148 valence electrons. The summed E-state index contributed by atoms with van der Waals surface area (Å²) in [5, 5.41) is 2.66. The molecule has 0 bridgehead atoms. The molecule has 1 N–H and O–H groups in total. The van der Waals surface area contributed by atoms with Crippen molar-refractivity contribution in [3.8, 4) is 5.75 Å². The minimum absolute atomic E-state index is 0.119. The van der Waals surface area contributed by atoms with Crippen LogP contribution in [0.1, 0.15) is 39.6 Å². The predicted octanol–water partition coefficient (Wildman–Crippen LogP) is 3.36. The zero-order chi connectivity index (χ0) is 20.7. The number of hydrogen-bond acceptors (Lipinski definition) is 6. The van der Waals surface area contributed by atoms with Crippen LogP contribution in [-0.4, -0.2) is 38.2 Å². The Morgan fingerprint density at radius 3 is 2.18 bits per heavy atom. The van der Waals surface area contributed by atoms with Gasteiger partial charge in [0.25, 0.3) is 5.91 Å². The van der Waals surface area contributed by atoms with Gasteiger partial charge in [0.05, 0.1) is 31.0 Å². The third-order valence-electron chi connectivity index (χ3n) is 4.07. The molecule has 0 aromatic heterocycles. The third-order valence-corrected chi connectivity index (χ3v) is 4.07. The van der Waals surface area contributed by atoms with Gasteiger partial charge >= 0.3 is 11.9 Å². The average molecular weight is 385 g/mol. The zero-order valence-electron chi connectivity index (χ0n) is 16.3. The molecular weight excluding hydrogens is 362 g/mol. The molecule has 0 saturated carbocycles. The van der Waals surface area contributed by atoms with Crippen molar-refractivity contribution in [2.45, 2.75) is 26.4 Å². The van der Waals surface area contributed by atoms with E-state index in [1.54, 1.807) is 12.1 Å². The molecule has 0 saturated heterocycles. The van der Waals surface area contributed by atoms with E-state index in [2.05, 4.69) is 10.1 Å². The highest BCUT2D eigenvalue weighted by Crippen LogP contribution is 2.21. The maximum Gasteiger partial charge on any atom is 0.339 e. The Bertz CT molecular complexity index is 860. The number of esters is 2. The van der Waals surface area contributed by atoms with Crippen LogP contribution in [0.4, 0.5) is 5.69 Å². The molecule has 0 heterocycles. The number of rotatable bonds is 7. The summed E-state index contributed by atoms with van der Waals surface area (Å²) in [5.41, 5.74) is 1.53. The Labute approximate surface area is 163 Å². The minimum atomic E-state index is -0.782. The van der Waals surface area contributed by atoms with Crippen LogP contribution in [0.25, 0.3) is 0 Å². The van der Waals surface area contributed by atoms with Crippen molar-refractivity contribution in [2.24, 2.45) is 0 Å². The number of aryl methyl sites for hydroxylation is 1. The van der Waals surface area contributed by atoms with E-state index in [1.165, 1.54) is 32.4 Å². The highest BCUT2D eigenvalue weighted by atomic mass is 16.5. The van der Waals surface area contributed by atoms with Crippen LogP contribution in [0, 0.1) is 6.92 Å². The smallest absolute Gasteiger partial charge is 0.339 e. The van der Waals surface area contributed by atoms with E-state index in [4.69, 9.17) is 9.47 Å². The number of anilines is 1. The van der Waals surface area contributed by atoms with Gasteiger partial charge in [-0.2, -0.15) is 0 Å². The summed E-state index contributed by atoms with van der Waals surface area (Å²) in [6, 6.07) is 11.5. The number of nitrogens with one attached hydrogen (secondary N) is 1. The second-order valence-electron chi connectivity index (χ2n) is 6.06. The van der Waals surface area contributed by atoms with Crippen LogP contribution < -0.4 is 10.1 Å². The van der Waals surface area contributed by atoms with Gasteiger partial charge in [0.15, 0.2) is 6.10 Å². The standard InChI is InChI=1S/C21H23NO6/c1-5-18(28-15-9-6-13(2)7-10-15)19(23)22-17-12-14(20(24)26-3)8-11-16(17)21(25)27-4/h6-12,18H,5H2,1-4H3,(H,22,23)/t18-/m0/s1. The second-order valence-corrected chi connectivity index (χ2v) is 6.06. The van der Waals surface area contributed by atoms with Gasteiger partial charge in [-0.05, 0) is 43.7 Å². The highest BCUT2D eigenvalue weighted by Gasteiger charge is 2.22. The van der Waals surface area contributed by atoms with Crippen molar-refractivity contribution in [1.82, 2.24) is 0 Å². The lowest BCUT2D eigenvalue weighted by Crippen LogP contribution is -2.33. The Morgan fingerprint density at radius 2 is 1.61 bits per heavy atom. The first-order chi connectivity index (χ1) is 13.4. The van der Waals surface area contributed by atoms with Crippen LogP contribution in [0.3, 0.4) is 0 Å². The number of benzene rings is 2. The van der Waals surface area contributed by atoms with Crippen LogP contribution in [-0.2, 0) is 14.3 Å². The molecule has 2 rings (SSSR count). The first-order valence-corrected chi connectivity index (χ1v) is 8.74. The third kappa shape index (κ3) is 5.09. The Balaban J connectivity index is 2.27. The number of hydrogen-bond donors (Lipinski definition) is 1. The van der Waals surface area contributed by atoms with E-state index in [1.807, 2.05) is 26.0 Å². The van der Waals surface area contributed by atoms with Crippen molar-refractivity contribution in [3.05, 3.63) is 59.2 Å². The summed E-state index contributed by atoms with van der Waals surface area (Å²) < 4.78 is 15.2. The normalized spacial score (nSPS) is 11.3. The van der Waals surface area contributed by atoms with Crippen LogP contribution in [0.5, 0.6) is 5.75 Å². The van der Waals surface area contributed by atoms with Crippen molar-refractivity contribution in [2.75, 3.05) is 19.5 Å². The van der Waals surface area contributed by atoms with E-state index in [9.17, 15) is 14.4 Å². The lowest BCUT2D eigenvalue weighted by Gasteiger charge is -2.18. The average Bonchev–Trinajstić information content (AvgIpc) is 2.71. The maximum absolute atomic E-state index is 12.7. The van der Waals surface area contributed by atoms with Gasteiger partial charge in [-0.1, -0.05) is 24.6 Å². The maximum atomic E-state index is 12.7. The Hall–Kier alpha value is -3.35. The SMILES string of the molecule is CC[C@H](Oc1ccc(C)cc1)C(=O)Nc1cc(C(=O)OC)ccc1C(=O)OC. The molecule has 2 aromatic rings. The number of carbonyl (C=O) groups excluding carboxylic acids is 3. The van der Waals surface area contributed by atoms with Gasteiger partial charge in [-0.3, -0.25) is 4.79 Å². The van der Waals surface area contributed by atoms with Crippen LogP contribution in [0.15, 0.2) is 42.5 Å². The van der Waals surface area contributed by atoms with Crippen LogP contribution in [0.2, 0.25) is 0 Å². The quantitative estimate of drug-likeness (QED) is 0.735. The molecule has 7 heteroatoms. The molecular formula is C21H23NO6. The van der Waals surface area contributed by atoms with Crippen molar-refractivity contribution < 1.29 is 28.6 Å². The Morgan fingerprint density at radius 1 is 0.964 bits per heavy atom. The molecule has 0 aliphatic heterocycles. The summed E-state index contributed by atoms with van der Waals surface area (Å²) in [7, 11) is 2.48. The van der Waals surface area contributed by atoms with E-state index in [0.29, 0.717) is 12.2 Å². The molecule has 0 radical (unpaired) electrons. The molecule has 1 atom stereocenters. The fourth-order valence-electron chi connectivity index (χ4n) is 2.50. The molecule has 28 heavy (non-hydrogen) atoms. The van der Waals surface area contributed by atoms with Crippen LogP contribution >= 0.6 is 0 Å². The summed E-state index contributed by atoms with van der Waals surface area (Å²) in [6.07, 6.45) is -0.376. The second kappa shape index (κ2) is 9.55. The highest BCUT2D eigenvalue weighted by molar-refractivity contribution is 6.04. The van der Waals surface area contributed by atoms with Gasteiger partial charge in [0.2, 0.25) is 0 Å². The summed E-state index contributed by atoms with van der Waals surface area (Å²) in [4.78, 5) is 36.5. The molecule has 0 spiro atoms. The fraction of sp³-hybridized carbons (Fsp3) is 0.286. The minimum Gasteiger partial charge on any atom is -0.481 e. The van der Waals surface area contributed by atoms with Gasteiger partial charge in [0, 0.05) is 0 Å². The number of amides is 1. The fourth-order valence-corrected chi connectivity index (χ4v) is 2.50. The number of methoxy groups -OCH3 is 2. The largest absolute Gasteiger partial charge is 0.481 e. The van der Waals surface area contributed by atoms with Gasteiger partial charge < -0.3 is 19.5 Å². The molecule has 7 nitrogen and oxygen atoms in total. The van der Waals surface area contributed by atoms with Crippen molar-refractivity contribution >= 4 is 23.5 Å². The van der Waals surface area contributed by atoms with E-state index in [0.717, 1.165) is 5.56 Å². The Kier molecular flexibility index (Phi) is 7.14. The van der Waals surface area contributed by atoms with Gasteiger partial charge in [-0.25, -0.2) is 9.59 Å². The van der Waals surface area contributed by atoms with E-state index >= 15 is 0 Å². The summed E-state index contributed by atoms with van der Waals surface area (Å²) in [5.74, 6) is -1.12. The first kappa shape index (κ1) is 21.0. The van der Waals surface area contributed by atoms with E-state index in [-0.39, 0.29) is 16.8 Å². The van der Waals surface area contributed by atoms with E-state index < -0.39 is 23.9 Å². The lowest BCUT2D eigenvalue weighted by atomic mass is 10.1. The topological polar surface area (TPSA) is 90.9 Å². The predicted molar refractivity (Wildman–Crippen MR) is 104 cm³/mol. The summed E-state index contributed by atoms with van der Waals surface area (Å²) >= 11 is 0. The summed E-state index contributed by atoms with van der Waals surface area (Å²) in [6.45, 7) is 3.76. The monoisotopic (exact) mass is 385 g/mol. The zero-order valence-corrected chi connectivity index (χ0v) is 16.3. The van der Waals surface area contributed by atoms with Crippen molar-refractivity contribution in [3.63, 3.8) is 0 Å². The molecule has 2 aromatic carbocycles. The first-order valence-electron chi connectivity index (χ1n) is 8.74. The number of carbonyl (C=O) groups is 3. The molecule has 0 aliphatic carbocycles. The van der Waals surface area contributed by atoms with Gasteiger partial charge in [0.1, 0.15) is 5.75 Å². The molecule has 0 aliphatic rings.